The van der Waals surface area contributed by atoms with E-state index in [1.807, 2.05) is 18.9 Å². The molecule has 2 unspecified atom stereocenters. The highest BCUT2D eigenvalue weighted by Crippen LogP contribution is 2.31. The summed E-state index contributed by atoms with van der Waals surface area (Å²) in [6.07, 6.45) is 5.16. The van der Waals surface area contributed by atoms with Crippen molar-refractivity contribution in [3.8, 4) is 0 Å². The van der Waals surface area contributed by atoms with Gasteiger partial charge in [0, 0.05) is 31.6 Å². The lowest BCUT2D eigenvalue weighted by Gasteiger charge is -2.35. The Kier molecular flexibility index (Phi) is 7.85. The van der Waals surface area contributed by atoms with Crippen molar-refractivity contribution in [3.05, 3.63) is 51.2 Å². The summed E-state index contributed by atoms with van der Waals surface area (Å²) in [5, 5.41) is 4.53. The molecule has 1 amide bonds. The first kappa shape index (κ1) is 23.1. The normalized spacial score (nSPS) is 22.9. The Morgan fingerprint density at radius 2 is 1.82 bits per heavy atom. The predicted octanol–water partition coefficient (Wildman–Crippen LogP) is 4.38. The number of halogens is 3. The number of nitrogens with zero attached hydrogens (tertiary/aromatic N) is 2. The lowest BCUT2D eigenvalue weighted by Crippen LogP contribution is -2.48. The predicted molar refractivity (Wildman–Crippen MR) is 116 cm³/mol. The molecule has 0 spiro atoms. The number of fused-ring (bicyclic) bond motifs is 2. The molecule has 3 heterocycles. The molecule has 4 rings (SSSR count). The lowest BCUT2D eigenvalue weighted by atomic mass is 9.98. The number of piperidine rings is 1. The minimum atomic E-state index is -0.238. The number of hydrogen-bond donors (Lipinski definition) is 1. The van der Waals surface area contributed by atoms with Gasteiger partial charge in [-0.1, -0.05) is 12.1 Å². The van der Waals surface area contributed by atoms with Gasteiger partial charge in [-0.2, -0.15) is 0 Å². The fraction of sp³-hybridized carbons (Fsp3) is 0.500. The SMILES string of the molecule is Cc1nc(Cc2ccc(F)cc2)sc1C(=O)N(C)C1CC2CCC(C1)N2.Cl.Cl. The molecular formula is C20H26Cl2FN3OS. The molecule has 28 heavy (non-hydrogen) atoms. The topological polar surface area (TPSA) is 45.2 Å². The second-order valence-electron chi connectivity index (χ2n) is 7.50. The van der Waals surface area contributed by atoms with Crippen LogP contribution in [0, 0.1) is 12.7 Å². The summed E-state index contributed by atoms with van der Waals surface area (Å²) < 4.78 is 13.1. The van der Waals surface area contributed by atoms with Gasteiger partial charge in [0.05, 0.1) is 10.7 Å². The van der Waals surface area contributed by atoms with Gasteiger partial charge in [0.15, 0.2) is 0 Å². The smallest absolute Gasteiger partial charge is 0.265 e. The molecule has 8 heteroatoms. The van der Waals surface area contributed by atoms with E-state index in [0.29, 0.717) is 24.5 Å². The van der Waals surface area contributed by atoms with Gasteiger partial charge < -0.3 is 10.2 Å². The molecule has 4 nitrogen and oxygen atoms in total. The number of hydrogen-bond acceptors (Lipinski definition) is 4. The van der Waals surface area contributed by atoms with Gasteiger partial charge in [-0.15, -0.1) is 36.2 Å². The average molecular weight is 446 g/mol. The number of thiazole rings is 1. The molecule has 2 aliphatic rings. The van der Waals surface area contributed by atoms with Gasteiger partial charge in [-0.05, 0) is 50.3 Å². The summed E-state index contributed by atoms with van der Waals surface area (Å²) in [5.74, 6) is -0.158. The first-order chi connectivity index (χ1) is 12.5. The van der Waals surface area contributed by atoms with Crippen LogP contribution in [0.2, 0.25) is 0 Å². The van der Waals surface area contributed by atoms with Crippen LogP contribution in [0.1, 0.15) is 51.6 Å². The van der Waals surface area contributed by atoms with Crippen LogP contribution in [0.5, 0.6) is 0 Å². The van der Waals surface area contributed by atoms with Crippen LogP contribution in [-0.4, -0.2) is 41.0 Å². The molecule has 0 radical (unpaired) electrons. The maximum absolute atomic E-state index is 13.1. The molecule has 0 saturated carbocycles. The van der Waals surface area contributed by atoms with Crippen LogP contribution in [0.25, 0.3) is 0 Å². The molecule has 1 aromatic heterocycles. The fourth-order valence-corrected chi connectivity index (χ4v) is 5.25. The van der Waals surface area contributed by atoms with Gasteiger partial charge in [0.2, 0.25) is 0 Å². The molecule has 1 aromatic carbocycles. The summed E-state index contributed by atoms with van der Waals surface area (Å²) >= 11 is 1.46. The van der Waals surface area contributed by atoms with Crippen LogP contribution < -0.4 is 5.32 Å². The quantitative estimate of drug-likeness (QED) is 0.758. The Labute approximate surface area is 181 Å². The molecule has 2 aromatic rings. The second-order valence-corrected chi connectivity index (χ2v) is 8.59. The zero-order chi connectivity index (χ0) is 18.3. The van der Waals surface area contributed by atoms with Crippen molar-refractivity contribution < 1.29 is 9.18 Å². The van der Waals surface area contributed by atoms with Crippen LogP contribution in [-0.2, 0) is 6.42 Å². The monoisotopic (exact) mass is 445 g/mol. The first-order valence-electron chi connectivity index (χ1n) is 9.23. The van der Waals surface area contributed by atoms with Crippen LogP contribution in [0.4, 0.5) is 4.39 Å². The summed E-state index contributed by atoms with van der Waals surface area (Å²) in [4.78, 5) is 20.3. The van der Waals surface area contributed by atoms with E-state index in [9.17, 15) is 9.18 Å². The minimum absolute atomic E-state index is 0. The number of aromatic nitrogens is 1. The standard InChI is InChI=1S/C20H24FN3OS.2ClH/c1-12-19(26-18(22-12)9-13-3-5-14(21)6-4-13)20(25)24(2)17-10-15-7-8-16(11-17)23-15;;/h3-6,15-17,23H,7-11H2,1-2H3;2*1H. The highest BCUT2D eigenvalue weighted by Gasteiger charge is 2.37. The van der Waals surface area contributed by atoms with E-state index >= 15 is 0 Å². The molecule has 154 valence electrons. The zero-order valence-electron chi connectivity index (χ0n) is 16.0. The van der Waals surface area contributed by atoms with E-state index in [0.717, 1.165) is 34.0 Å². The highest BCUT2D eigenvalue weighted by molar-refractivity contribution is 7.13. The number of nitrogens with one attached hydrogen (secondary N) is 1. The van der Waals surface area contributed by atoms with E-state index in [1.165, 1.54) is 36.3 Å². The molecule has 0 aliphatic carbocycles. The van der Waals surface area contributed by atoms with Crippen molar-refractivity contribution in [1.29, 1.82) is 0 Å². The Morgan fingerprint density at radius 1 is 1.21 bits per heavy atom. The van der Waals surface area contributed by atoms with E-state index in [2.05, 4.69) is 10.3 Å². The van der Waals surface area contributed by atoms with Crippen molar-refractivity contribution in [3.63, 3.8) is 0 Å². The third-order valence-electron chi connectivity index (χ3n) is 5.62. The largest absolute Gasteiger partial charge is 0.338 e. The molecule has 1 N–H and O–H groups in total. The van der Waals surface area contributed by atoms with Crippen molar-refractivity contribution in [1.82, 2.24) is 15.2 Å². The van der Waals surface area contributed by atoms with Gasteiger partial charge in [0.1, 0.15) is 10.7 Å². The number of aryl methyl sites for hydroxylation is 1. The molecule has 2 atom stereocenters. The third-order valence-corrected chi connectivity index (χ3v) is 6.77. The molecule has 2 saturated heterocycles. The minimum Gasteiger partial charge on any atom is -0.338 e. The molecule has 2 bridgehead atoms. The van der Waals surface area contributed by atoms with Crippen molar-refractivity contribution in [2.45, 2.75) is 57.2 Å². The molecule has 2 aliphatic heterocycles. The van der Waals surface area contributed by atoms with Crippen molar-refractivity contribution >= 4 is 42.1 Å². The molecule has 2 fully saturated rings. The van der Waals surface area contributed by atoms with Gasteiger partial charge in [-0.25, -0.2) is 9.37 Å². The third kappa shape index (κ3) is 4.85. The number of carbonyl (C=O) groups excluding carboxylic acids is 1. The zero-order valence-corrected chi connectivity index (χ0v) is 18.4. The number of carbonyl (C=O) groups is 1. The van der Waals surface area contributed by atoms with Crippen LogP contribution in [0.15, 0.2) is 24.3 Å². The van der Waals surface area contributed by atoms with E-state index in [4.69, 9.17) is 0 Å². The highest BCUT2D eigenvalue weighted by atomic mass is 35.5. The van der Waals surface area contributed by atoms with E-state index < -0.39 is 0 Å². The maximum atomic E-state index is 13.1. The summed E-state index contributed by atoms with van der Waals surface area (Å²) in [7, 11) is 1.93. The molecular weight excluding hydrogens is 420 g/mol. The Bertz CT molecular complexity index is 802. The van der Waals surface area contributed by atoms with Crippen LogP contribution in [0.3, 0.4) is 0 Å². The Hall–Kier alpha value is -1.21. The second kappa shape index (κ2) is 9.53. The van der Waals surface area contributed by atoms with E-state index in [1.54, 1.807) is 12.1 Å². The van der Waals surface area contributed by atoms with Crippen molar-refractivity contribution in [2.75, 3.05) is 7.05 Å². The summed E-state index contributed by atoms with van der Waals surface area (Å²) in [5.41, 5.74) is 1.79. The first-order valence-corrected chi connectivity index (χ1v) is 10.0. The van der Waals surface area contributed by atoms with Crippen molar-refractivity contribution in [2.24, 2.45) is 0 Å². The number of rotatable bonds is 4. The maximum Gasteiger partial charge on any atom is 0.265 e. The average Bonchev–Trinajstić information content (AvgIpc) is 3.17. The Balaban J connectivity index is 0.00000140. The number of amides is 1. The lowest BCUT2D eigenvalue weighted by molar-refractivity contribution is 0.0685. The van der Waals surface area contributed by atoms with Gasteiger partial charge in [-0.3, -0.25) is 4.79 Å². The summed E-state index contributed by atoms with van der Waals surface area (Å²) in [6.45, 7) is 1.90. The summed E-state index contributed by atoms with van der Waals surface area (Å²) in [6, 6.07) is 7.89. The Morgan fingerprint density at radius 3 is 2.43 bits per heavy atom. The van der Waals surface area contributed by atoms with Gasteiger partial charge in [0.25, 0.3) is 5.91 Å². The van der Waals surface area contributed by atoms with E-state index in [-0.39, 0.29) is 36.5 Å². The fourth-order valence-electron chi connectivity index (χ4n) is 4.17. The van der Waals surface area contributed by atoms with Gasteiger partial charge >= 0.3 is 0 Å². The van der Waals surface area contributed by atoms with Crippen LogP contribution >= 0.6 is 36.2 Å². The number of benzene rings is 1.